The van der Waals surface area contributed by atoms with Crippen LogP contribution in [0.3, 0.4) is 0 Å². The van der Waals surface area contributed by atoms with Crippen LogP contribution < -0.4 is 16.4 Å². The summed E-state index contributed by atoms with van der Waals surface area (Å²) in [4.78, 5) is 90.5. The molecule has 4 N–H and O–H groups in total. The van der Waals surface area contributed by atoms with Gasteiger partial charge in [-0.2, -0.15) is 0 Å². The number of amides is 6. The predicted octanol–water partition coefficient (Wildman–Crippen LogP) is 13.2. The summed E-state index contributed by atoms with van der Waals surface area (Å²) in [5.74, 6) is -3.33. The van der Waals surface area contributed by atoms with Crippen LogP contribution in [0.2, 0.25) is 0 Å². The number of carbonyl (C=O) groups excluding carboxylic acids is 6. The molecule has 0 spiro atoms. The molecule has 0 fully saturated rings. The van der Waals surface area contributed by atoms with Gasteiger partial charge in [-0.25, -0.2) is 13.2 Å². The van der Waals surface area contributed by atoms with E-state index in [4.69, 9.17) is 21.5 Å². The van der Waals surface area contributed by atoms with E-state index in [0.29, 0.717) is 33.4 Å². The SMILES string of the molecule is CC(C)(N)C(C)(C)N1C(=O)c2ccccc2C1=O.CC(C)(Nc1n[c-]c(C#N)cc1F)C(C)(C)N1C(=O)c2ccccc2C1=O.CCC(C)(C)C(C)(C)N1C(=O)c2ccccc2C1=O.CCC(C)(C)C(C)(C)Nc1n[c-]c(C#N)cc1F.Cc1n[c-]c(C#N)cc1F.[La].[La].[La]. The van der Waals surface area contributed by atoms with Crippen LogP contribution in [0.25, 0.3) is 0 Å². The van der Waals surface area contributed by atoms with Crippen molar-refractivity contribution in [2.45, 2.75) is 178 Å². The van der Waals surface area contributed by atoms with Crippen molar-refractivity contribution in [1.29, 1.82) is 15.8 Å². The average molecular weight is 1670 g/mol. The van der Waals surface area contributed by atoms with Crippen molar-refractivity contribution in [2.75, 3.05) is 10.6 Å². The van der Waals surface area contributed by atoms with Crippen molar-refractivity contribution < 1.29 is 149 Å². The molecule has 0 bridgehead atoms. The van der Waals surface area contributed by atoms with E-state index in [0.717, 1.165) is 31.0 Å². The Hall–Kier alpha value is -6.07. The molecule has 95 heavy (non-hydrogen) atoms. The number of fused-ring (bicyclic) bond motifs is 3. The number of anilines is 2. The van der Waals surface area contributed by atoms with Gasteiger partial charge in [0.1, 0.15) is 0 Å². The third-order valence-corrected chi connectivity index (χ3v) is 19.0. The van der Waals surface area contributed by atoms with Crippen LogP contribution in [0.1, 0.15) is 222 Å². The molecular weight excluding hydrogens is 1590 g/mol. The van der Waals surface area contributed by atoms with Gasteiger partial charge in [-0.3, -0.25) is 59.3 Å². The van der Waals surface area contributed by atoms with Gasteiger partial charge < -0.3 is 31.3 Å². The number of halogens is 3. The van der Waals surface area contributed by atoms with Gasteiger partial charge in [0, 0.05) is 123 Å². The largest absolute Gasteiger partial charge is 0.401 e. The van der Waals surface area contributed by atoms with E-state index in [-0.39, 0.29) is 181 Å². The van der Waals surface area contributed by atoms with Crippen molar-refractivity contribution in [2.24, 2.45) is 16.6 Å². The molecule has 3 radical (unpaired) electrons. The Labute approximate surface area is 640 Å². The first-order chi connectivity index (χ1) is 42.5. The second-order valence-electron chi connectivity index (χ2n) is 26.9. The summed E-state index contributed by atoms with van der Waals surface area (Å²) in [5, 5.41) is 31.8. The van der Waals surface area contributed by atoms with Crippen LogP contribution in [0.5, 0.6) is 0 Å². The van der Waals surface area contributed by atoms with E-state index >= 15 is 0 Å². The number of aryl methyl sites for hydroxylation is 1. The van der Waals surface area contributed by atoms with Crippen LogP contribution in [-0.2, 0) is 0 Å². The van der Waals surface area contributed by atoms with E-state index in [2.05, 4.69) is 85.7 Å². The summed E-state index contributed by atoms with van der Waals surface area (Å²) in [6.45, 7) is 36.3. The van der Waals surface area contributed by atoms with Crippen LogP contribution in [0, 0.1) is 195 Å². The number of hydrogen-bond donors (Lipinski definition) is 3. The Bertz CT molecular complexity index is 3890. The molecule has 3 aromatic heterocycles. The molecule has 3 aliphatic heterocycles. The fourth-order valence-corrected chi connectivity index (χ4v) is 9.35. The van der Waals surface area contributed by atoms with Crippen LogP contribution in [0.4, 0.5) is 24.8 Å². The number of rotatable bonds is 13. The second-order valence-corrected chi connectivity index (χ2v) is 26.9. The Morgan fingerprint density at radius 1 is 0.432 bits per heavy atom. The van der Waals surface area contributed by atoms with Gasteiger partial charge in [0.05, 0.1) is 79.1 Å². The summed E-state index contributed by atoms with van der Waals surface area (Å²) in [7, 11) is 0. The maximum Gasteiger partial charge on any atom is 0.262 e. The second kappa shape index (κ2) is 33.0. The number of benzene rings is 3. The predicted molar refractivity (Wildman–Crippen MR) is 343 cm³/mol. The number of carbonyl (C=O) groups is 6. The topological polar surface area (TPSA) is 272 Å². The van der Waals surface area contributed by atoms with Gasteiger partial charge in [-0.1, -0.05) is 120 Å². The van der Waals surface area contributed by atoms with Gasteiger partial charge in [0.25, 0.3) is 35.4 Å². The average Bonchev–Trinajstić information content (AvgIpc) is 1.64. The minimum Gasteiger partial charge on any atom is -0.401 e. The number of nitrogens with zero attached hydrogens (tertiary/aromatic N) is 9. The third kappa shape index (κ3) is 18.0. The van der Waals surface area contributed by atoms with E-state index < -0.39 is 57.0 Å². The first-order valence-corrected chi connectivity index (χ1v) is 29.7. The quantitative estimate of drug-likeness (QED) is 0.0716. The third-order valence-electron chi connectivity index (χ3n) is 19.0. The maximum absolute atomic E-state index is 14.3. The van der Waals surface area contributed by atoms with Gasteiger partial charge in [-0.15, -0.1) is 0 Å². The number of nitrogens with two attached hydrogens (primary N) is 1. The zero-order chi connectivity index (χ0) is 69.7. The molecule has 6 aromatic rings. The Morgan fingerprint density at radius 3 is 0.958 bits per heavy atom. The molecular formula is C71H80F3La3N12O6-3. The van der Waals surface area contributed by atoms with E-state index in [1.807, 2.05) is 61.5 Å². The van der Waals surface area contributed by atoms with Crippen molar-refractivity contribution in [1.82, 2.24) is 29.7 Å². The fraction of sp³-hybridized carbons (Fsp3) is 0.408. The molecule has 6 amide bonds. The summed E-state index contributed by atoms with van der Waals surface area (Å²) in [6.07, 6.45) is 9.17. The normalized spacial score (nSPS) is 13.5. The fourth-order valence-electron chi connectivity index (χ4n) is 9.35. The van der Waals surface area contributed by atoms with E-state index in [1.54, 1.807) is 113 Å². The number of nitrogens with one attached hydrogen (secondary N) is 2. The smallest absolute Gasteiger partial charge is 0.262 e. The van der Waals surface area contributed by atoms with Gasteiger partial charge in [0.2, 0.25) is 0 Å². The molecule has 24 heteroatoms. The summed E-state index contributed by atoms with van der Waals surface area (Å²) >= 11 is 0. The zero-order valence-corrected chi connectivity index (χ0v) is 68.4. The van der Waals surface area contributed by atoms with E-state index in [1.165, 1.54) is 21.6 Å². The molecule has 0 atom stereocenters. The van der Waals surface area contributed by atoms with Gasteiger partial charge >= 0.3 is 0 Å². The number of pyridine rings is 3. The van der Waals surface area contributed by atoms with Gasteiger partial charge in [-0.05, 0) is 186 Å². The Morgan fingerprint density at radius 2 is 0.695 bits per heavy atom. The number of nitriles is 3. The molecule has 3 aliphatic rings. The summed E-state index contributed by atoms with van der Waals surface area (Å²) in [5.41, 5.74) is 4.84. The standard InChI is InChI=1S/C20H18FN4O2.C16H21NO2.C14H19FN3.C14H18N2O2.C7H4FN2.3La/c1-19(2,24-16-15(21)9-12(10-22)11-23-16)20(3,4)25-17(26)13-7-5-6-8-14(13)18(25)27;1-6-15(2,3)16(4,5)17-13(18)11-9-7-8-10-12(11)14(17)19;1-6-13(2,3)14(4,5)18-12-11(15)7-10(8-16)9-17-12;1-13(2,15)14(3,4)16-11(17)9-7-5-6-8-10(9)12(16)18;1-5-7(8)2-6(3-9)4-10-5;;;/h5-9H,1-4H3,(H,23,24);7-10H,6H2,1-5H3;7H,6H2,1-5H3,(H,17,18);5-8H,15H2,1-4H3;2H,1H3;;;/q-1;;-1;;-1;;;. The monoisotopic (exact) mass is 1670 g/mol. The molecule has 6 heterocycles. The molecule has 0 saturated carbocycles. The van der Waals surface area contributed by atoms with Crippen molar-refractivity contribution in [3.8, 4) is 18.2 Å². The molecule has 0 saturated heterocycles. The first kappa shape index (κ1) is 85.0. The molecule has 493 valence electrons. The summed E-state index contributed by atoms with van der Waals surface area (Å²) < 4.78 is 40.6. The number of imide groups is 3. The van der Waals surface area contributed by atoms with Crippen LogP contribution >= 0.6 is 0 Å². The first-order valence-electron chi connectivity index (χ1n) is 29.7. The Kier molecular flexibility index (Phi) is 29.5. The van der Waals surface area contributed by atoms with Gasteiger partial charge in [0.15, 0.2) is 0 Å². The number of aromatic nitrogens is 3. The maximum atomic E-state index is 14.3. The molecule has 0 aliphatic carbocycles. The minimum absolute atomic E-state index is 0. The Balaban J connectivity index is 0.000000412. The molecule has 0 unspecified atom stereocenters. The molecule has 18 nitrogen and oxygen atoms in total. The summed E-state index contributed by atoms with van der Waals surface area (Å²) in [6, 6.07) is 29.2. The number of hydrogen-bond acceptors (Lipinski definition) is 15. The molecule has 9 rings (SSSR count). The molecule has 3 aromatic carbocycles. The zero-order valence-electron chi connectivity index (χ0n) is 57.5. The van der Waals surface area contributed by atoms with E-state index in [9.17, 15) is 41.9 Å². The van der Waals surface area contributed by atoms with Crippen molar-refractivity contribution >= 4 is 47.1 Å². The van der Waals surface area contributed by atoms with Crippen LogP contribution in [0.15, 0.2) is 91.0 Å². The van der Waals surface area contributed by atoms with Crippen LogP contribution in [-0.4, -0.2) is 98.3 Å². The van der Waals surface area contributed by atoms with Crippen molar-refractivity contribution in [3.63, 3.8) is 0 Å². The minimum atomic E-state index is -1.03. The van der Waals surface area contributed by atoms with Crippen molar-refractivity contribution in [3.05, 3.63) is 183 Å².